The van der Waals surface area contributed by atoms with Gasteiger partial charge in [0.05, 0.1) is 0 Å². The summed E-state index contributed by atoms with van der Waals surface area (Å²) in [6, 6.07) is 6.22. The number of aryl methyl sites for hydroxylation is 1. The molecule has 0 bridgehead atoms. The van der Waals surface area contributed by atoms with Gasteiger partial charge in [-0.15, -0.1) is 0 Å². The first-order valence-corrected chi connectivity index (χ1v) is 5.28. The highest BCUT2D eigenvalue weighted by molar-refractivity contribution is 6.07. The topological polar surface area (TPSA) is 29.0 Å². The van der Waals surface area contributed by atoms with Gasteiger partial charge in [-0.25, -0.2) is 4.58 Å². The Morgan fingerprint density at radius 3 is 2.80 bits per heavy atom. The molecule has 1 aliphatic rings. The van der Waals surface area contributed by atoms with E-state index in [0.29, 0.717) is 0 Å². The SMILES string of the molecule is Cc1cc(C2=CCC[N+](C)=C2)ccc1N. The smallest absolute Gasteiger partial charge is 0.170 e. The number of nitrogens with two attached hydrogens (primary N) is 1. The number of anilines is 1. The molecule has 2 rings (SSSR count). The predicted molar refractivity (Wildman–Crippen MR) is 65.3 cm³/mol. The summed E-state index contributed by atoms with van der Waals surface area (Å²) < 4.78 is 2.22. The van der Waals surface area contributed by atoms with Crippen molar-refractivity contribution in [2.24, 2.45) is 0 Å². The summed E-state index contributed by atoms with van der Waals surface area (Å²) in [5.74, 6) is 0. The Morgan fingerprint density at radius 1 is 1.33 bits per heavy atom. The van der Waals surface area contributed by atoms with Gasteiger partial charge in [0.15, 0.2) is 6.21 Å². The second-order valence-corrected chi connectivity index (χ2v) is 4.13. The van der Waals surface area contributed by atoms with E-state index in [1.165, 1.54) is 11.1 Å². The highest BCUT2D eigenvalue weighted by Gasteiger charge is 2.09. The Balaban J connectivity index is 2.38. The van der Waals surface area contributed by atoms with Crippen LogP contribution in [-0.2, 0) is 0 Å². The molecule has 2 heteroatoms. The first-order valence-electron chi connectivity index (χ1n) is 5.28. The van der Waals surface area contributed by atoms with Crippen LogP contribution in [0.3, 0.4) is 0 Å². The zero-order valence-corrected chi connectivity index (χ0v) is 9.33. The van der Waals surface area contributed by atoms with Crippen LogP contribution in [0.1, 0.15) is 17.5 Å². The zero-order valence-electron chi connectivity index (χ0n) is 9.33. The van der Waals surface area contributed by atoms with E-state index in [9.17, 15) is 0 Å². The van der Waals surface area contributed by atoms with Crippen molar-refractivity contribution in [3.63, 3.8) is 0 Å². The van der Waals surface area contributed by atoms with Crippen molar-refractivity contribution < 1.29 is 4.58 Å². The molecule has 0 aliphatic carbocycles. The van der Waals surface area contributed by atoms with Gasteiger partial charge < -0.3 is 5.73 Å². The minimum absolute atomic E-state index is 0.864. The van der Waals surface area contributed by atoms with Crippen molar-refractivity contribution in [1.82, 2.24) is 0 Å². The summed E-state index contributed by atoms with van der Waals surface area (Å²) in [6.45, 7) is 3.16. The van der Waals surface area contributed by atoms with Crippen LogP contribution in [0, 0.1) is 6.92 Å². The minimum Gasteiger partial charge on any atom is -0.399 e. The maximum atomic E-state index is 5.81. The van der Waals surface area contributed by atoms with Gasteiger partial charge in [-0.2, -0.15) is 0 Å². The fraction of sp³-hybridized carbons (Fsp3) is 0.308. The lowest BCUT2D eigenvalue weighted by Gasteiger charge is -2.08. The van der Waals surface area contributed by atoms with E-state index in [1.54, 1.807) is 0 Å². The van der Waals surface area contributed by atoms with E-state index in [4.69, 9.17) is 5.73 Å². The second-order valence-electron chi connectivity index (χ2n) is 4.13. The maximum absolute atomic E-state index is 5.81. The summed E-state index contributed by atoms with van der Waals surface area (Å²) in [7, 11) is 2.11. The summed E-state index contributed by atoms with van der Waals surface area (Å²) >= 11 is 0. The van der Waals surface area contributed by atoms with Gasteiger partial charge in [0.25, 0.3) is 0 Å². The van der Waals surface area contributed by atoms with E-state index in [-0.39, 0.29) is 0 Å². The molecule has 2 N–H and O–H groups in total. The normalized spacial score (nSPS) is 15.9. The van der Waals surface area contributed by atoms with E-state index in [0.717, 1.165) is 24.2 Å². The third-order valence-electron chi connectivity index (χ3n) is 2.81. The van der Waals surface area contributed by atoms with Crippen molar-refractivity contribution in [2.45, 2.75) is 13.3 Å². The molecule has 1 heterocycles. The molecular formula is C13H17N2+. The van der Waals surface area contributed by atoms with Gasteiger partial charge in [-0.1, -0.05) is 12.1 Å². The molecule has 0 saturated heterocycles. The molecule has 15 heavy (non-hydrogen) atoms. The number of hydrogen-bond donors (Lipinski definition) is 1. The van der Waals surface area contributed by atoms with Gasteiger partial charge in [0.2, 0.25) is 0 Å². The average molecular weight is 201 g/mol. The highest BCUT2D eigenvalue weighted by atomic mass is 15.0. The third kappa shape index (κ3) is 2.09. The van der Waals surface area contributed by atoms with Crippen LogP contribution in [0.15, 0.2) is 24.3 Å². The molecular weight excluding hydrogens is 184 g/mol. The number of nitrogen functional groups attached to an aromatic ring is 1. The van der Waals surface area contributed by atoms with Gasteiger partial charge in [0, 0.05) is 17.7 Å². The molecule has 0 saturated carbocycles. The molecule has 0 radical (unpaired) electrons. The standard InChI is InChI=1S/C13H17N2/c1-10-8-11(5-6-13(10)14)12-4-3-7-15(2)9-12/h4-6,8-9H,3,7,14H2,1-2H3/q+1. The monoisotopic (exact) mass is 201 g/mol. The van der Waals surface area contributed by atoms with Gasteiger partial charge in [-0.3, -0.25) is 0 Å². The Kier molecular flexibility index (Phi) is 2.58. The first kappa shape index (κ1) is 9.97. The zero-order chi connectivity index (χ0) is 10.8. The molecule has 2 nitrogen and oxygen atoms in total. The molecule has 0 aromatic heterocycles. The van der Waals surface area contributed by atoms with Crippen molar-refractivity contribution in [3.05, 3.63) is 35.4 Å². The van der Waals surface area contributed by atoms with Gasteiger partial charge in [-0.05, 0) is 30.2 Å². The van der Waals surface area contributed by atoms with Crippen LogP contribution in [0.5, 0.6) is 0 Å². The highest BCUT2D eigenvalue weighted by Crippen LogP contribution is 2.20. The number of allylic oxidation sites excluding steroid dienone is 1. The molecule has 0 unspecified atom stereocenters. The van der Waals surface area contributed by atoms with E-state index < -0.39 is 0 Å². The molecule has 0 amide bonds. The molecule has 0 spiro atoms. The Morgan fingerprint density at radius 2 is 2.13 bits per heavy atom. The van der Waals surface area contributed by atoms with Crippen LogP contribution in [0.2, 0.25) is 0 Å². The molecule has 1 aromatic carbocycles. The Labute approximate surface area is 90.7 Å². The van der Waals surface area contributed by atoms with E-state index in [1.807, 2.05) is 13.0 Å². The quantitative estimate of drug-likeness (QED) is 0.547. The lowest BCUT2D eigenvalue weighted by Crippen LogP contribution is -2.13. The van der Waals surface area contributed by atoms with Crippen molar-refractivity contribution in [1.29, 1.82) is 0 Å². The fourth-order valence-electron chi connectivity index (χ4n) is 1.83. The number of hydrogen-bond acceptors (Lipinski definition) is 1. The van der Waals surface area contributed by atoms with Crippen LogP contribution >= 0.6 is 0 Å². The maximum Gasteiger partial charge on any atom is 0.170 e. The predicted octanol–water partition coefficient (Wildman–Crippen LogP) is 2.08. The lowest BCUT2D eigenvalue weighted by atomic mass is 10.0. The molecule has 0 fully saturated rings. The van der Waals surface area contributed by atoms with E-state index in [2.05, 4.69) is 36.0 Å². The number of nitrogens with zero attached hydrogens (tertiary/aromatic N) is 1. The fourth-order valence-corrected chi connectivity index (χ4v) is 1.83. The molecule has 78 valence electrons. The molecule has 1 aromatic rings. The van der Waals surface area contributed by atoms with Crippen LogP contribution in [0.4, 0.5) is 5.69 Å². The number of rotatable bonds is 1. The summed E-state index contributed by atoms with van der Waals surface area (Å²) in [6.07, 6.45) is 5.59. The van der Waals surface area contributed by atoms with Crippen LogP contribution < -0.4 is 5.73 Å². The Bertz CT molecular complexity index is 442. The van der Waals surface area contributed by atoms with Crippen molar-refractivity contribution >= 4 is 17.5 Å². The third-order valence-corrected chi connectivity index (χ3v) is 2.81. The van der Waals surface area contributed by atoms with Crippen LogP contribution in [0.25, 0.3) is 5.57 Å². The summed E-state index contributed by atoms with van der Waals surface area (Å²) in [5.41, 5.74) is 10.4. The molecule has 0 atom stereocenters. The first-order chi connectivity index (χ1) is 7.16. The van der Waals surface area contributed by atoms with E-state index >= 15 is 0 Å². The van der Waals surface area contributed by atoms with Gasteiger partial charge in [0.1, 0.15) is 13.6 Å². The summed E-state index contributed by atoms with van der Waals surface area (Å²) in [4.78, 5) is 0. The van der Waals surface area contributed by atoms with Crippen molar-refractivity contribution in [2.75, 3.05) is 19.3 Å². The number of benzene rings is 1. The average Bonchev–Trinajstić information content (AvgIpc) is 2.22. The molecule has 1 aliphatic heterocycles. The summed E-state index contributed by atoms with van der Waals surface area (Å²) in [5, 5.41) is 0. The largest absolute Gasteiger partial charge is 0.399 e. The van der Waals surface area contributed by atoms with Crippen LogP contribution in [-0.4, -0.2) is 24.4 Å². The van der Waals surface area contributed by atoms with Gasteiger partial charge >= 0.3 is 0 Å². The Hall–Kier alpha value is -1.57. The second kappa shape index (κ2) is 3.89. The van der Waals surface area contributed by atoms with Crippen molar-refractivity contribution in [3.8, 4) is 0 Å². The lowest BCUT2D eigenvalue weighted by molar-refractivity contribution is -0.491. The minimum atomic E-state index is 0.864.